The third-order valence-electron chi connectivity index (χ3n) is 7.46. The summed E-state index contributed by atoms with van der Waals surface area (Å²) < 4.78 is 11.3. The summed E-state index contributed by atoms with van der Waals surface area (Å²) in [7, 11) is 3.40. The Morgan fingerprint density at radius 1 is 1.12 bits per heavy atom. The SMILES string of the molecule is COCCN(C)C(=O)c1cccc(-c2cccc3cc(C(=O)C[C@@H]4CN5CCC4CC5)oc23)c1. The third kappa shape index (κ3) is 4.52. The van der Waals surface area contributed by atoms with Crippen LogP contribution >= 0.6 is 0 Å². The zero-order valence-corrected chi connectivity index (χ0v) is 20.0. The number of carbonyl (C=O) groups excluding carboxylic acids is 2. The first-order chi connectivity index (χ1) is 16.5. The minimum Gasteiger partial charge on any atom is -0.452 e. The summed E-state index contributed by atoms with van der Waals surface area (Å²) in [6.07, 6.45) is 2.96. The monoisotopic (exact) mass is 460 g/mol. The van der Waals surface area contributed by atoms with Crippen LogP contribution in [0, 0.1) is 11.8 Å². The Morgan fingerprint density at radius 3 is 2.65 bits per heavy atom. The van der Waals surface area contributed by atoms with Crippen molar-refractivity contribution in [1.82, 2.24) is 9.80 Å². The molecule has 0 N–H and O–H groups in total. The van der Waals surface area contributed by atoms with Crippen molar-refractivity contribution in [1.29, 1.82) is 0 Å². The van der Waals surface area contributed by atoms with Crippen LogP contribution in [0.1, 0.15) is 40.2 Å². The molecule has 3 aromatic rings. The van der Waals surface area contributed by atoms with Crippen LogP contribution in [0.15, 0.2) is 52.9 Å². The third-order valence-corrected chi connectivity index (χ3v) is 7.46. The second-order valence-corrected chi connectivity index (χ2v) is 9.66. The number of nitrogens with zero attached hydrogens (tertiary/aromatic N) is 2. The number of hydrogen-bond acceptors (Lipinski definition) is 5. The molecule has 2 bridgehead atoms. The number of Topliss-reactive ketones (excluding diaryl/α,β-unsaturated/α-hetero) is 1. The summed E-state index contributed by atoms with van der Waals surface area (Å²) in [5.41, 5.74) is 3.08. The lowest BCUT2D eigenvalue weighted by molar-refractivity contribution is 0.0433. The summed E-state index contributed by atoms with van der Waals surface area (Å²) in [6.45, 7) is 4.39. The lowest BCUT2D eigenvalue weighted by Gasteiger charge is -2.44. The maximum atomic E-state index is 13.1. The minimum absolute atomic E-state index is 0.0566. The molecule has 0 saturated carbocycles. The van der Waals surface area contributed by atoms with Gasteiger partial charge in [-0.2, -0.15) is 0 Å². The predicted molar refractivity (Wildman–Crippen MR) is 132 cm³/mol. The van der Waals surface area contributed by atoms with Crippen molar-refractivity contribution in [3.63, 3.8) is 0 Å². The van der Waals surface area contributed by atoms with Crippen LogP contribution in [-0.2, 0) is 4.74 Å². The number of rotatable bonds is 8. The zero-order valence-electron chi connectivity index (χ0n) is 20.0. The molecule has 1 amide bonds. The van der Waals surface area contributed by atoms with Gasteiger partial charge in [0.2, 0.25) is 0 Å². The van der Waals surface area contributed by atoms with Crippen LogP contribution in [0.25, 0.3) is 22.1 Å². The fraction of sp³-hybridized carbons (Fsp3) is 0.429. The van der Waals surface area contributed by atoms with Crippen LogP contribution in [0.2, 0.25) is 0 Å². The van der Waals surface area contributed by atoms with E-state index in [-0.39, 0.29) is 11.7 Å². The Bertz CT molecular complexity index is 1190. The van der Waals surface area contributed by atoms with Crippen molar-refractivity contribution >= 4 is 22.7 Å². The van der Waals surface area contributed by atoms with E-state index in [1.54, 1.807) is 19.1 Å². The van der Waals surface area contributed by atoms with E-state index in [0.717, 1.165) is 23.1 Å². The summed E-state index contributed by atoms with van der Waals surface area (Å²) in [4.78, 5) is 30.1. The highest BCUT2D eigenvalue weighted by molar-refractivity contribution is 6.02. The van der Waals surface area contributed by atoms with Crippen LogP contribution in [0.4, 0.5) is 0 Å². The molecule has 0 unspecified atom stereocenters. The quantitative estimate of drug-likeness (QED) is 0.455. The smallest absolute Gasteiger partial charge is 0.253 e. The second-order valence-electron chi connectivity index (χ2n) is 9.66. The van der Waals surface area contributed by atoms with Gasteiger partial charge in [-0.25, -0.2) is 0 Å². The number of benzene rings is 2. The zero-order chi connectivity index (χ0) is 23.7. The molecule has 4 heterocycles. The summed E-state index contributed by atoms with van der Waals surface area (Å²) in [5.74, 6) is 1.56. The highest BCUT2D eigenvalue weighted by atomic mass is 16.5. The average molecular weight is 461 g/mol. The van der Waals surface area contributed by atoms with Gasteiger partial charge in [0.05, 0.1) is 6.61 Å². The molecule has 1 aromatic heterocycles. The van der Waals surface area contributed by atoms with Crippen molar-refractivity contribution in [2.75, 3.05) is 46.9 Å². The van der Waals surface area contributed by atoms with Crippen LogP contribution in [0.3, 0.4) is 0 Å². The van der Waals surface area contributed by atoms with Crippen molar-refractivity contribution in [2.45, 2.75) is 19.3 Å². The molecule has 0 aliphatic carbocycles. The van der Waals surface area contributed by atoms with Gasteiger partial charge in [0, 0.05) is 50.2 Å². The Morgan fingerprint density at radius 2 is 1.91 bits per heavy atom. The number of likely N-dealkylation sites (N-methyl/N-ethyl adjacent to an activating group) is 1. The topological polar surface area (TPSA) is 63.0 Å². The highest BCUT2D eigenvalue weighted by Crippen LogP contribution is 2.36. The van der Waals surface area contributed by atoms with Crippen LogP contribution < -0.4 is 0 Å². The van der Waals surface area contributed by atoms with E-state index in [2.05, 4.69) is 4.90 Å². The molecule has 178 valence electrons. The first-order valence-electron chi connectivity index (χ1n) is 12.2. The molecule has 6 rings (SSSR count). The Balaban J connectivity index is 1.39. The normalized spacial score (nSPS) is 21.6. The number of ketones is 1. The molecule has 3 aliphatic rings. The Hall–Kier alpha value is -2.96. The maximum absolute atomic E-state index is 13.1. The van der Waals surface area contributed by atoms with E-state index in [9.17, 15) is 9.59 Å². The fourth-order valence-corrected chi connectivity index (χ4v) is 5.46. The van der Waals surface area contributed by atoms with E-state index in [0.29, 0.717) is 48.3 Å². The van der Waals surface area contributed by atoms with Gasteiger partial charge in [-0.15, -0.1) is 0 Å². The van der Waals surface area contributed by atoms with E-state index in [1.807, 2.05) is 48.5 Å². The van der Waals surface area contributed by atoms with E-state index < -0.39 is 0 Å². The average Bonchev–Trinajstić information content (AvgIpc) is 3.32. The summed E-state index contributed by atoms with van der Waals surface area (Å²) in [6, 6.07) is 15.3. The molecular weight excluding hydrogens is 428 g/mol. The van der Waals surface area contributed by atoms with Gasteiger partial charge in [-0.3, -0.25) is 9.59 Å². The van der Waals surface area contributed by atoms with Gasteiger partial charge in [0.1, 0.15) is 5.58 Å². The molecule has 6 nitrogen and oxygen atoms in total. The van der Waals surface area contributed by atoms with Crippen molar-refractivity contribution in [3.8, 4) is 11.1 Å². The number of hydrogen-bond donors (Lipinski definition) is 0. The minimum atomic E-state index is -0.0566. The Kier molecular flexibility index (Phi) is 6.53. The Labute approximate surface area is 200 Å². The molecule has 0 spiro atoms. The first-order valence-corrected chi connectivity index (χ1v) is 12.2. The number of carbonyl (C=O) groups is 2. The molecule has 3 aliphatic heterocycles. The molecule has 0 radical (unpaired) electrons. The number of para-hydroxylation sites is 1. The molecular formula is C28H32N2O4. The lowest BCUT2D eigenvalue weighted by atomic mass is 9.76. The predicted octanol–water partition coefficient (Wildman–Crippen LogP) is 4.73. The fourth-order valence-electron chi connectivity index (χ4n) is 5.46. The highest BCUT2D eigenvalue weighted by Gasteiger charge is 2.35. The standard InChI is InChI=1S/C28H32N2O4/c1-29(13-14-33-2)28(32)22-7-3-5-20(15-22)24-8-4-6-21-17-26(34-27(21)24)25(31)16-23-18-30-11-9-19(23)10-12-30/h3-8,15,17,19,23H,9-14,16,18H2,1-2H3/t23-/m1/s1. The van der Waals surface area contributed by atoms with E-state index >= 15 is 0 Å². The van der Waals surface area contributed by atoms with Crippen molar-refractivity contribution < 1.29 is 18.7 Å². The number of ether oxygens (including phenoxy) is 1. The molecule has 6 heteroatoms. The van der Waals surface area contributed by atoms with Crippen LogP contribution in [-0.4, -0.2) is 68.4 Å². The van der Waals surface area contributed by atoms with Gasteiger partial charge in [-0.1, -0.05) is 30.3 Å². The number of furan rings is 1. The molecule has 1 atom stereocenters. The number of methoxy groups -OCH3 is 1. The molecule has 3 fully saturated rings. The van der Waals surface area contributed by atoms with Crippen LogP contribution in [0.5, 0.6) is 0 Å². The van der Waals surface area contributed by atoms with Gasteiger partial charge in [-0.05, 0) is 61.5 Å². The van der Waals surface area contributed by atoms with Gasteiger partial charge < -0.3 is 19.0 Å². The van der Waals surface area contributed by atoms with E-state index in [1.165, 1.54) is 25.9 Å². The second kappa shape index (κ2) is 9.72. The first kappa shape index (κ1) is 22.8. The molecule has 2 aromatic carbocycles. The maximum Gasteiger partial charge on any atom is 0.253 e. The van der Waals surface area contributed by atoms with Crippen molar-refractivity contribution in [2.24, 2.45) is 11.8 Å². The van der Waals surface area contributed by atoms with Gasteiger partial charge >= 0.3 is 0 Å². The largest absolute Gasteiger partial charge is 0.452 e. The number of amides is 1. The lowest BCUT2D eigenvalue weighted by Crippen LogP contribution is -2.47. The summed E-state index contributed by atoms with van der Waals surface area (Å²) >= 11 is 0. The van der Waals surface area contributed by atoms with Crippen molar-refractivity contribution in [3.05, 3.63) is 59.9 Å². The molecule has 34 heavy (non-hydrogen) atoms. The summed E-state index contributed by atoms with van der Waals surface area (Å²) in [5, 5.41) is 0.906. The van der Waals surface area contributed by atoms with Gasteiger partial charge in [0.25, 0.3) is 5.91 Å². The van der Waals surface area contributed by atoms with Gasteiger partial charge in [0.15, 0.2) is 11.5 Å². The van der Waals surface area contributed by atoms with E-state index in [4.69, 9.17) is 9.15 Å². The number of fused-ring (bicyclic) bond motifs is 4. The molecule has 3 saturated heterocycles. The number of piperidine rings is 3.